The molecule has 0 radical (unpaired) electrons. The number of aromatic nitrogens is 2. The second-order valence-corrected chi connectivity index (χ2v) is 16.7. The monoisotopic (exact) mass is 792 g/mol. The second-order valence-electron chi connectivity index (χ2n) is 15.6. The minimum absolute atomic E-state index is 0.704. The van der Waals surface area contributed by atoms with E-state index in [1.807, 2.05) is 17.4 Å². The first kappa shape index (κ1) is 35.2. The van der Waals surface area contributed by atoms with Crippen LogP contribution in [0.3, 0.4) is 0 Å². The number of rotatable bonds is 6. The van der Waals surface area contributed by atoms with Crippen LogP contribution in [0.15, 0.2) is 218 Å². The third-order valence-corrected chi connectivity index (χ3v) is 13.3. The lowest BCUT2D eigenvalue weighted by Crippen LogP contribution is -1.97. The Morgan fingerprint density at radius 3 is 1.61 bits per heavy atom. The van der Waals surface area contributed by atoms with Crippen molar-refractivity contribution in [3.05, 3.63) is 218 Å². The molecule has 0 unspecified atom stereocenters. The van der Waals surface area contributed by atoms with Crippen molar-refractivity contribution in [2.75, 3.05) is 0 Å². The van der Waals surface area contributed by atoms with Gasteiger partial charge in [-0.15, -0.1) is 11.3 Å². The Morgan fingerprint density at radius 2 is 0.869 bits per heavy atom. The summed E-state index contributed by atoms with van der Waals surface area (Å²) in [6.45, 7) is 0. The molecule has 3 heteroatoms. The Bertz CT molecular complexity index is 3590. The van der Waals surface area contributed by atoms with Gasteiger partial charge in [-0.05, 0) is 94.5 Å². The summed E-state index contributed by atoms with van der Waals surface area (Å²) < 4.78 is 1.30. The normalized spacial score (nSPS) is 11.6. The summed E-state index contributed by atoms with van der Waals surface area (Å²) in [5.74, 6) is 0.704. The number of fused-ring (bicyclic) bond motifs is 6. The van der Waals surface area contributed by atoms with Crippen LogP contribution in [0.4, 0.5) is 0 Å². The van der Waals surface area contributed by atoms with E-state index >= 15 is 0 Å². The highest BCUT2D eigenvalue weighted by Crippen LogP contribution is 2.48. The average molecular weight is 793 g/mol. The minimum Gasteiger partial charge on any atom is -0.228 e. The molecule has 0 fully saturated rings. The fraction of sp³-hybridized carbons (Fsp3) is 0. The van der Waals surface area contributed by atoms with Gasteiger partial charge < -0.3 is 0 Å². The van der Waals surface area contributed by atoms with E-state index in [1.165, 1.54) is 80.5 Å². The van der Waals surface area contributed by atoms with Crippen LogP contribution in [-0.4, -0.2) is 9.97 Å². The minimum atomic E-state index is 0.704. The maximum atomic E-state index is 5.31. The Hall–Kier alpha value is -7.72. The second kappa shape index (κ2) is 14.5. The molecule has 0 saturated heterocycles. The topological polar surface area (TPSA) is 25.8 Å². The molecule has 0 bridgehead atoms. The van der Waals surface area contributed by atoms with Gasteiger partial charge in [-0.2, -0.15) is 0 Å². The van der Waals surface area contributed by atoms with Crippen molar-refractivity contribution in [3.63, 3.8) is 0 Å². The first-order chi connectivity index (χ1) is 30.2. The summed E-state index contributed by atoms with van der Waals surface area (Å²) in [6, 6.07) is 78.8. The molecule has 0 aliphatic heterocycles. The van der Waals surface area contributed by atoms with Crippen LogP contribution < -0.4 is 0 Å². The first-order valence-electron chi connectivity index (χ1n) is 20.7. The molecule has 2 aromatic heterocycles. The molecule has 0 atom stereocenters. The summed E-state index contributed by atoms with van der Waals surface area (Å²) in [4.78, 5) is 11.8. The predicted molar refractivity (Wildman–Crippen MR) is 260 cm³/mol. The van der Waals surface area contributed by atoms with E-state index in [0.717, 1.165) is 33.5 Å². The van der Waals surface area contributed by atoms with Crippen LogP contribution in [0.25, 0.3) is 120 Å². The molecule has 12 rings (SSSR count). The Labute approximate surface area is 357 Å². The molecule has 0 amide bonds. The summed E-state index contributed by atoms with van der Waals surface area (Å²) in [5, 5.41) is 11.1. The van der Waals surface area contributed by atoms with Crippen molar-refractivity contribution in [1.82, 2.24) is 9.97 Å². The quantitative estimate of drug-likeness (QED) is 0.124. The van der Waals surface area contributed by atoms with E-state index in [1.54, 1.807) is 0 Å². The van der Waals surface area contributed by atoms with Gasteiger partial charge in [-0.3, -0.25) is 0 Å². The van der Waals surface area contributed by atoms with Crippen LogP contribution in [-0.2, 0) is 0 Å². The van der Waals surface area contributed by atoms with Gasteiger partial charge in [0.1, 0.15) is 0 Å². The van der Waals surface area contributed by atoms with E-state index in [-0.39, 0.29) is 0 Å². The first-order valence-corrected chi connectivity index (χ1v) is 21.5. The maximum absolute atomic E-state index is 5.31. The maximum Gasteiger partial charge on any atom is 0.160 e. The van der Waals surface area contributed by atoms with Crippen molar-refractivity contribution in [2.45, 2.75) is 0 Å². The van der Waals surface area contributed by atoms with Gasteiger partial charge in [0.05, 0.1) is 11.4 Å². The standard InChI is InChI=1S/C58H36N2S/c1-3-16-40(17-4-1)55-47-24-12-13-25-48(47)56(50-32-31-37-15-7-9-21-43(37)57(50)55)49-34-33-46(44-22-10-11-23-45(44)49)52-36-51(59-58(60-52)41-18-5-2-6-19-41)38-27-29-39(30-28-38)54-35-42-20-8-14-26-53(42)61-54/h1-36H. The van der Waals surface area contributed by atoms with Crippen LogP contribution in [0.5, 0.6) is 0 Å². The van der Waals surface area contributed by atoms with Crippen molar-refractivity contribution >= 4 is 64.5 Å². The van der Waals surface area contributed by atoms with Gasteiger partial charge in [0.25, 0.3) is 0 Å². The van der Waals surface area contributed by atoms with Gasteiger partial charge in [-0.1, -0.05) is 200 Å². The molecular weight excluding hydrogens is 757 g/mol. The zero-order valence-corrected chi connectivity index (χ0v) is 33.9. The van der Waals surface area contributed by atoms with Crippen LogP contribution in [0, 0.1) is 0 Å². The highest BCUT2D eigenvalue weighted by atomic mass is 32.1. The lowest BCUT2D eigenvalue weighted by molar-refractivity contribution is 1.18. The lowest BCUT2D eigenvalue weighted by Gasteiger charge is -2.21. The lowest BCUT2D eigenvalue weighted by atomic mass is 9.82. The molecule has 2 nitrogen and oxygen atoms in total. The average Bonchev–Trinajstić information content (AvgIpc) is 3.78. The third kappa shape index (κ3) is 6.01. The van der Waals surface area contributed by atoms with Gasteiger partial charge in [0, 0.05) is 26.3 Å². The molecule has 12 aromatic rings. The Kier molecular flexibility index (Phi) is 8.39. The van der Waals surface area contributed by atoms with Gasteiger partial charge in [0.15, 0.2) is 5.82 Å². The fourth-order valence-corrected chi connectivity index (χ4v) is 10.3. The van der Waals surface area contributed by atoms with Crippen LogP contribution in [0.1, 0.15) is 0 Å². The molecule has 0 N–H and O–H groups in total. The zero-order valence-electron chi connectivity index (χ0n) is 33.1. The Balaban J connectivity index is 1.07. The summed E-state index contributed by atoms with van der Waals surface area (Å²) in [7, 11) is 0. The van der Waals surface area contributed by atoms with Crippen LogP contribution >= 0.6 is 11.3 Å². The van der Waals surface area contributed by atoms with Crippen molar-refractivity contribution in [1.29, 1.82) is 0 Å². The number of thiophene rings is 1. The largest absolute Gasteiger partial charge is 0.228 e. The van der Waals surface area contributed by atoms with Crippen LogP contribution in [0.2, 0.25) is 0 Å². The van der Waals surface area contributed by atoms with Crippen molar-refractivity contribution in [3.8, 4) is 66.6 Å². The van der Waals surface area contributed by atoms with E-state index in [4.69, 9.17) is 9.97 Å². The van der Waals surface area contributed by atoms with Gasteiger partial charge in [0.2, 0.25) is 0 Å². The fourth-order valence-electron chi connectivity index (χ4n) is 9.26. The number of hydrogen-bond acceptors (Lipinski definition) is 3. The Morgan fingerprint density at radius 1 is 0.311 bits per heavy atom. The SMILES string of the molecule is c1ccc(-c2nc(-c3ccc(-c4cc5ccccc5s4)cc3)cc(-c3ccc(-c4c5ccccc5c(-c5ccccc5)c5c4ccc4ccccc45)c4ccccc34)n2)cc1. The highest BCUT2D eigenvalue weighted by Gasteiger charge is 2.21. The molecular formula is C58H36N2S. The van der Waals surface area contributed by atoms with Gasteiger partial charge >= 0.3 is 0 Å². The number of benzene rings is 10. The molecule has 0 spiro atoms. The van der Waals surface area contributed by atoms with E-state index in [2.05, 4.69) is 212 Å². The summed E-state index contributed by atoms with van der Waals surface area (Å²) >= 11 is 1.83. The molecule has 0 saturated carbocycles. The zero-order chi connectivity index (χ0) is 40.3. The smallest absolute Gasteiger partial charge is 0.160 e. The van der Waals surface area contributed by atoms with Crippen molar-refractivity contribution in [2.24, 2.45) is 0 Å². The predicted octanol–water partition coefficient (Wildman–Crippen LogP) is 16.3. The molecule has 284 valence electrons. The summed E-state index contributed by atoms with van der Waals surface area (Å²) in [6.07, 6.45) is 0. The molecule has 61 heavy (non-hydrogen) atoms. The van der Waals surface area contributed by atoms with E-state index < -0.39 is 0 Å². The summed E-state index contributed by atoms with van der Waals surface area (Å²) in [5.41, 5.74) is 11.0. The molecule has 0 aliphatic rings. The van der Waals surface area contributed by atoms with E-state index in [0.29, 0.717) is 5.82 Å². The number of hydrogen-bond donors (Lipinski definition) is 0. The van der Waals surface area contributed by atoms with E-state index in [9.17, 15) is 0 Å². The molecule has 0 aliphatic carbocycles. The van der Waals surface area contributed by atoms with Crippen molar-refractivity contribution < 1.29 is 0 Å². The molecule has 2 heterocycles. The highest BCUT2D eigenvalue weighted by molar-refractivity contribution is 7.22. The van der Waals surface area contributed by atoms with Gasteiger partial charge in [-0.25, -0.2) is 9.97 Å². The number of nitrogens with zero attached hydrogens (tertiary/aromatic N) is 2. The third-order valence-electron chi connectivity index (χ3n) is 12.1. The molecule has 10 aromatic carbocycles.